The summed E-state index contributed by atoms with van der Waals surface area (Å²) >= 11 is 0. The van der Waals surface area contributed by atoms with E-state index >= 15 is 0 Å². The molecule has 1 heterocycles. The highest BCUT2D eigenvalue weighted by Crippen LogP contribution is 2.34. The lowest BCUT2D eigenvalue weighted by Gasteiger charge is -2.07. The lowest BCUT2D eigenvalue weighted by molar-refractivity contribution is 0.0695. The summed E-state index contributed by atoms with van der Waals surface area (Å²) < 4.78 is 1.79. The number of carbonyl (C=O) groups is 1. The molecular formula is C13H20N2O2. The number of aromatic nitrogens is 2. The van der Waals surface area contributed by atoms with E-state index in [0.717, 1.165) is 25.1 Å². The summed E-state index contributed by atoms with van der Waals surface area (Å²) in [6.07, 6.45) is 6.25. The Labute approximate surface area is 102 Å². The summed E-state index contributed by atoms with van der Waals surface area (Å²) in [5.41, 5.74) is 1.20. The molecule has 4 nitrogen and oxygen atoms in total. The molecule has 0 unspecified atom stereocenters. The highest BCUT2D eigenvalue weighted by molar-refractivity contribution is 5.88. The van der Waals surface area contributed by atoms with Crippen molar-refractivity contribution in [1.29, 1.82) is 0 Å². The third kappa shape index (κ3) is 2.68. The fourth-order valence-corrected chi connectivity index (χ4v) is 2.57. The van der Waals surface area contributed by atoms with Crippen molar-refractivity contribution >= 4 is 5.97 Å². The Balaban J connectivity index is 2.28. The molecule has 1 saturated carbocycles. The van der Waals surface area contributed by atoms with Crippen LogP contribution in [0.3, 0.4) is 0 Å². The van der Waals surface area contributed by atoms with E-state index in [-0.39, 0.29) is 0 Å². The molecular weight excluding hydrogens is 216 g/mol. The topological polar surface area (TPSA) is 55.1 Å². The van der Waals surface area contributed by atoms with Crippen LogP contribution in [0.1, 0.15) is 61.5 Å². The largest absolute Gasteiger partial charge is 0.478 e. The third-order valence-electron chi connectivity index (χ3n) is 3.31. The minimum atomic E-state index is -0.845. The normalized spacial score (nSPS) is 16.9. The van der Waals surface area contributed by atoms with E-state index in [1.54, 1.807) is 10.9 Å². The van der Waals surface area contributed by atoms with Crippen LogP contribution < -0.4 is 0 Å². The Kier molecular flexibility index (Phi) is 3.50. The fourth-order valence-electron chi connectivity index (χ4n) is 2.57. The molecule has 1 N–H and O–H groups in total. The van der Waals surface area contributed by atoms with Gasteiger partial charge in [0.2, 0.25) is 0 Å². The Morgan fingerprint density at radius 2 is 2.18 bits per heavy atom. The highest BCUT2D eigenvalue weighted by Gasteiger charge is 2.26. The van der Waals surface area contributed by atoms with Gasteiger partial charge in [-0.25, -0.2) is 4.79 Å². The number of carboxylic acid groups (broad SMARTS) is 1. The quantitative estimate of drug-likeness (QED) is 0.874. The summed E-state index contributed by atoms with van der Waals surface area (Å²) in [7, 11) is 0. The maximum Gasteiger partial charge on any atom is 0.339 e. The van der Waals surface area contributed by atoms with E-state index in [9.17, 15) is 9.90 Å². The van der Waals surface area contributed by atoms with E-state index in [1.165, 1.54) is 12.8 Å². The molecule has 0 saturated heterocycles. The van der Waals surface area contributed by atoms with E-state index < -0.39 is 5.97 Å². The molecule has 1 aliphatic carbocycles. The fraction of sp³-hybridized carbons (Fsp3) is 0.692. The van der Waals surface area contributed by atoms with Crippen molar-refractivity contribution in [2.75, 3.05) is 0 Å². The van der Waals surface area contributed by atoms with Crippen LogP contribution in [0.25, 0.3) is 0 Å². The second-order valence-corrected chi connectivity index (χ2v) is 5.33. The SMILES string of the molecule is CC(C)Cn1cc(C(=O)O)c(C2CCCC2)n1. The zero-order valence-electron chi connectivity index (χ0n) is 10.5. The van der Waals surface area contributed by atoms with E-state index in [0.29, 0.717) is 17.4 Å². The molecule has 0 amide bonds. The highest BCUT2D eigenvalue weighted by atomic mass is 16.4. The molecule has 2 rings (SSSR count). The van der Waals surface area contributed by atoms with Gasteiger partial charge in [-0.05, 0) is 18.8 Å². The first-order valence-corrected chi connectivity index (χ1v) is 6.38. The van der Waals surface area contributed by atoms with Crippen molar-refractivity contribution in [2.45, 2.75) is 52.0 Å². The van der Waals surface area contributed by atoms with Gasteiger partial charge in [0.1, 0.15) is 5.56 Å². The van der Waals surface area contributed by atoms with Crippen LogP contribution in [0.4, 0.5) is 0 Å². The maximum atomic E-state index is 11.2. The lowest BCUT2D eigenvalue weighted by Crippen LogP contribution is -2.06. The molecule has 0 atom stereocenters. The van der Waals surface area contributed by atoms with Gasteiger partial charge in [-0.3, -0.25) is 4.68 Å². The van der Waals surface area contributed by atoms with Crippen LogP contribution in [0.15, 0.2) is 6.20 Å². The predicted octanol–water partition coefficient (Wildman–Crippen LogP) is 2.89. The lowest BCUT2D eigenvalue weighted by atomic mass is 10.0. The van der Waals surface area contributed by atoms with E-state index in [1.807, 2.05) is 0 Å². The molecule has 1 aromatic heterocycles. The smallest absolute Gasteiger partial charge is 0.339 e. The van der Waals surface area contributed by atoms with Gasteiger partial charge in [-0.2, -0.15) is 5.10 Å². The first-order chi connectivity index (χ1) is 8.08. The van der Waals surface area contributed by atoms with Gasteiger partial charge in [0, 0.05) is 18.7 Å². The zero-order valence-corrected chi connectivity index (χ0v) is 10.5. The molecule has 0 spiro atoms. The number of nitrogens with zero attached hydrogens (tertiary/aromatic N) is 2. The molecule has 0 radical (unpaired) electrons. The summed E-state index contributed by atoms with van der Waals surface area (Å²) in [5, 5.41) is 13.7. The summed E-state index contributed by atoms with van der Waals surface area (Å²) in [4.78, 5) is 11.2. The molecule has 1 aliphatic rings. The average Bonchev–Trinajstić information content (AvgIpc) is 2.82. The minimum absolute atomic E-state index is 0.356. The second-order valence-electron chi connectivity index (χ2n) is 5.33. The maximum absolute atomic E-state index is 11.2. The van der Waals surface area contributed by atoms with Gasteiger partial charge >= 0.3 is 5.97 Å². The van der Waals surface area contributed by atoms with Crippen LogP contribution in [0.5, 0.6) is 0 Å². The number of hydrogen-bond donors (Lipinski definition) is 1. The van der Waals surface area contributed by atoms with Crippen molar-refractivity contribution in [2.24, 2.45) is 5.92 Å². The number of aromatic carboxylic acids is 1. The van der Waals surface area contributed by atoms with Crippen LogP contribution in [0.2, 0.25) is 0 Å². The van der Waals surface area contributed by atoms with Crippen LogP contribution >= 0.6 is 0 Å². The van der Waals surface area contributed by atoms with Gasteiger partial charge in [0.15, 0.2) is 0 Å². The predicted molar refractivity (Wildman–Crippen MR) is 65.2 cm³/mol. The first-order valence-electron chi connectivity index (χ1n) is 6.38. The Morgan fingerprint density at radius 3 is 2.71 bits per heavy atom. The summed E-state index contributed by atoms with van der Waals surface area (Å²) in [6.45, 7) is 5.00. The summed E-state index contributed by atoms with van der Waals surface area (Å²) in [6, 6.07) is 0. The average molecular weight is 236 g/mol. The van der Waals surface area contributed by atoms with Crippen molar-refractivity contribution in [3.8, 4) is 0 Å². The zero-order chi connectivity index (χ0) is 12.4. The van der Waals surface area contributed by atoms with E-state index in [4.69, 9.17) is 0 Å². The Hall–Kier alpha value is -1.32. The van der Waals surface area contributed by atoms with Crippen LogP contribution in [-0.4, -0.2) is 20.9 Å². The molecule has 1 fully saturated rings. The van der Waals surface area contributed by atoms with Gasteiger partial charge in [0.25, 0.3) is 0 Å². The molecule has 0 aromatic carbocycles. The van der Waals surface area contributed by atoms with Crippen molar-refractivity contribution in [3.63, 3.8) is 0 Å². The molecule has 94 valence electrons. The van der Waals surface area contributed by atoms with Gasteiger partial charge in [-0.1, -0.05) is 26.7 Å². The van der Waals surface area contributed by atoms with Gasteiger partial charge in [0.05, 0.1) is 5.69 Å². The molecule has 4 heteroatoms. The number of hydrogen-bond acceptors (Lipinski definition) is 2. The molecule has 0 aliphatic heterocycles. The number of rotatable bonds is 4. The standard InChI is InChI=1S/C13H20N2O2/c1-9(2)7-15-8-11(13(16)17)12(14-15)10-5-3-4-6-10/h8-10H,3-7H2,1-2H3,(H,16,17). The van der Waals surface area contributed by atoms with Crippen LogP contribution in [0, 0.1) is 5.92 Å². The number of carboxylic acids is 1. The van der Waals surface area contributed by atoms with E-state index in [2.05, 4.69) is 18.9 Å². The van der Waals surface area contributed by atoms with Crippen molar-refractivity contribution in [3.05, 3.63) is 17.5 Å². The minimum Gasteiger partial charge on any atom is -0.478 e. The molecule has 0 bridgehead atoms. The second kappa shape index (κ2) is 4.90. The van der Waals surface area contributed by atoms with Crippen LogP contribution in [-0.2, 0) is 6.54 Å². The summed E-state index contributed by atoms with van der Waals surface area (Å²) in [5.74, 6) is -0.00982. The Bertz CT molecular complexity index is 404. The molecule has 1 aromatic rings. The van der Waals surface area contributed by atoms with Gasteiger partial charge in [-0.15, -0.1) is 0 Å². The monoisotopic (exact) mass is 236 g/mol. The third-order valence-corrected chi connectivity index (χ3v) is 3.31. The first kappa shape index (κ1) is 12.1. The van der Waals surface area contributed by atoms with Crippen molar-refractivity contribution < 1.29 is 9.90 Å². The Morgan fingerprint density at radius 1 is 1.53 bits per heavy atom. The van der Waals surface area contributed by atoms with Crippen molar-refractivity contribution in [1.82, 2.24) is 9.78 Å². The van der Waals surface area contributed by atoms with Gasteiger partial charge < -0.3 is 5.11 Å². The molecule has 17 heavy (non-hydrogen) atoms.